The Balaban J connectivity index is 3.04. The van der Waals surface area contributed by atoms with E-state index in [0.29, 0.717) is 0 Å². The summed E-state index contributed by atoms with van der Waals surface area (Å²) in [5, 5.41) is 3.55. The predicted molar refractivity (Wildman–Crippen MR) is 32.5 cm³/mol. The van der Waals surface area contributed by atoms with Crippen LogP contribution in [0.25, 0.3) is 0 Å². The average molecular weight is 149 g/mol. The molecule has 0 atom stereocenters. The minimum absolute atomic E-state index is 0.147. The Bertz CT molecular complexity index is 210. The molecule has 0 fully saturated rings. The number of methoxy groups -OCH3 is 1. The molecule has 9 heavy (non-hydrogen) atoms. The number of aromatic nitrogens is 1. The van der Waals surface area contributed by atoms with Gasteiger partial charge in [0.2, 0.25) is 0 Å². The van der Waals surface area contributed by atoms with Crippen LogP contribution in [0, 0.1) is 0 Å². The quantitative estimate of drug-likeness (QED) is 0.643. The number of ether oxygens (including phenoxy) is 1. The van der Waals surface area contributed by atoms with Crippen LogP contribution < -0.4 is 10.5 Å². The number of nitrogens with zero attached hydrogens (tertiary/aromatic N) is 1. The van der Waals surface area contributed by atoms with E-state index in [1.165, 1.54) is 7.11 Å². The smallest absolute Gasteiger partial charge is 0.332 e. The van der Waals surface area contributed by atoms with Gasteiger partial charge in [-0.3, -0.25) is 0 Å². The van der Waals surface area contributed by atoms with E-state index in [4.69, 9.17) is 17.3 Å². The molecule has 5 heteroatoms. The van der Waals surface area contributed by atoms with Crippen LogP contribution in [0.2, 0.25) is 5.02 Å². The lowest BCUT2D eigenvalue weighted by molar-refractivity contribution is 0.262. The van der Waals surface area contributed by atoms with Crippen molar-refractivity contribution >= 4 is 17.4 Å². The molecule has 0 saturated heterocycles. The zero-order valence-corrected chi connectivity index (χ0v) is 5.47. The Morgan fingerprint density at radius 1 is 1.78 bits per heavy atom. The highest BCUT2D eigenvalue weighted by molar-refractivity contribution is 6.33. The number of hydrogen-bond acceptors (Lipinski definition) is 4. The third-order valence-electron chi connectivity index (χ3n) is 0.816. The highest BCUT2D eigenvalue weighted by Crippen LogP contribution is 2.28. The largest absolute Gasteiger partial charge is 0.466 e. The van der Waals surface area contributed by atoms with Gasteiger partial charge in [0.15, 0.2) is 10.8 Å². The van der Waals surface area contributed by atoms with E-state index in [9.17, 15) is 0 Å². The molecule has 0 saturated carbocycles. The molecule has 0 bridgehead atoms. The van der Waals surface area contributed by atoms with Crippen molar-refractivity contribution < 1.29 is 9.26 Å². The SMILES string of the molecule is COc1onc(N)c1Cl. The molecular formula is C4H5ClN2O2. The van der Waals surface area contributed by atoms with Crippen molar-refractivity contribution in [2.24, 2.45) is 0 Å². The highest BCUT2D eigenvalue weighted by Gasteiger charge is 2.09. The van der Waals surface area contributed by atoms with Gasteiger partial charge in [0, 0.05) is 0 Å². The number of rotatable bonds is 1. The number of hydrogen-bond donors (Lipinski definition) is 1. The van der Waals surface area contributed by atoms with Gasteiger partial charge in [-0.25, -0.2) is 0 Å². The minimum atomic E-state index is 0.147. The van der Waals surface area contributed by atoms with Crippen LogP contribution in [0.1, 0.15) is 0 Å². The summed E-state index contributed by atoms with van der Waals surface area (Å²) in [6.07, 6.45) is 0. The van der Waals surface area contributed by atoms with Crippen molar-refractivity contribution in [3.05, 3.63) is 5.02 Å². The van der Waals surface area contributed by atoms with Gasteiger partial charge in [0.05, 0.1) is 7.11 Å². The first-order valence-electron chi connectivity index (χ1n) is 2.20. The molecule has 4 nitrogen and oxygen atoms in total. The van der Waals surface area contributed by atoms with E-state index >= 15 is 0 Å². The molecule has 0 aliphatic carbocycles. The van der Waals surface area contributed by atoms with Crippen molar-refractivity contribution in [1.29, 1.82) is 0 Å². The first-order chi connectivity index (χ1) is 4.25. The molecule has 50 valence electrons. The van der Waals surface area contributed by atoms with E-state index < -0.39 is 0 Å². The molecule has 1 heterocycles. The Kier molecular flexibility index (Phi) is 1.48. The Hall–Kier alpha value is -0.900. The number of anilines is 1. The summed E-state index contributed by atoms with van der Waals surface area (Å²) < 4.78 is 9.14. The summed E-state index contributed by atoms with van der Waals surface area (Å²) in [6.45, 7) is 0. The fourth-order valence-electron chi connectivity index (χ4n) is 0.402. The van der Waals surface area contributed by atoms with Crippen molar-refractivity contribution in [3.8, 4) is 5.95 Å². The Morgan fingerprint density at radius 3 is 2.67 bits per heavy atom. The lowest BCUT2D eigenvalue weighted by Crippen LogP contribution is -1.83. The second-order valence-electron chi connectivity index (χ2n) is 1.37. The molecular weight excluding hydrogens is 144 g/mol. The van der Waals surface area contributed by atoms with Crippen LogP contribution in [-0.4, -0.2) is 12.3 Å². The van der Waals surface area contributed by atoms with Gasteiger partial charge in [-0.1, -0.05) is 16.8 Å². The summed E-state index contributed by atoms with van der Waals surface area (Å²) in [7, 11) is 1.42. The third-order valence-corrected chi connectivity index (χ3v) is 1.16. The Morgan fingerprint density at radius 2 is 2.44 bits per heavy atom. The second kappa shape index (κ2) is 2.14. The number of halogens is 1. The Labute approximate surface area is 56.5 Å². The third kappa shape index (κ3) is 0.929. The minimum Gasteiger partial charge on any atom is -0.466 e. The zero-order valence-electron chi connectivity index (χ0n) is 4.72. The molecule has 0 spiro atoms. The monoisotopic (exact) mass is 148 g/mol. The van der Waals surface area contributed by atoms with Gasteiger partial charge >= 0.3 is 5.95 Å². The summed E-state index contributed by atoms with van der Waals surface area (Å²) >= 11 is 5.50. The highest BCUT2D eigenvalue weighted by atomic mass is 35.5. The summed E-state index contributed by atoms with van der Waals surface area (Å²) in [4.78, 5) is 0. The molecule has 0 aromatic carbocycles. The molecule has 0 radical (unpaired) electrons. The first kappa shape index (κ1) is 6.22. The first-order valence-corrected chi connectivity index (χ1v) is 2.58. The van der Waals surface area contributed by atoms with E-state index in [2.05, 4.69) is 14.4 Å². The average Bonchev–Trinajstić information content (AvgIpc) is 2.15. The van der Waals surface area contributed by atoms with Crippen molar-refractivity contribution in [2.45, 2.75) is 0 Å². The van der Waals surface area contributed by atoms with Gasteiger partial charge in [0.25, 0.3) is 0 Å². The molecule has 1 aromatic heterocycles. The summed E-state index contributed by atoms with van der Waals surface area (Å²) in [5.41, 5.74) is 5.20. The van der Waals surface area contributed by atoms with Gasteiger partial charge in [-0.05, 0) is 0 Å². The van der Waals surface area contributed by atoms with Gasteiger partial charge in [-0.2, -0.15) is 0 Å². The molecule has 1 aromatic rings. The normalized spacial score (nSPS) is 9.56. The van der Waals surface area contributed by atoms with Gasteiger partial charge in [0.1, 0.15) is 0 Å². The summed E-state index contributed by atoms with van der Waals surface area (Å²) in [5.74, 6) is 0.294. The van der Waals surface area contributed by atoms with Crippen LogP contribution >= 0.6 is 11.6 Å². The topological polar surface area (TPSA) is 61.3 Å². The van der Waals surface area contributed by atoms with Crippen LogP contribution in [0.15, 0.2) is 4.52 Å². The number of nitrogen functional groups attached to an aromatic ring is 1. The van der Waals surface area contributed by atoms with Crippen molar-refractivity contribution in [1.82, 2.24) is 5.16 Å². The van der Waals surface area contributed by atoms with Crippen molar-refractivity contribution in [2.75, 3.05) is 12.8 Å². The van der Waals surface area contributed by atoms with E-state index in [0.717, 1.165) is 0 Å². The molecule has 0 aliphatic rings. The van der Waals surface area contributed by atoms with E-state index in [-0.39, 0.29) is 16.8 Å². The lowest BCUT2D eigenvalue weighted by Gasteiger charge is -1.87. The van der Waals surface area contributed by atoms with Gasteiger partial charge in [-0.15, -0.1) is 0 Å². The maximum absolute atomic E-state index is 5.50. The van der Waals surface area contributed by atoms with E-state index in [1.807, 2.05) is 0 Å². The van der Waals surface area contributed by atoms with Crippen LogP contribution in [0.4, 0.5) is 5.82 Å². The second-order valence-corrected chi connectivity index (χ2v) is 1.75. The van der Waals surface area contributed by atoms with E-state index in [1.54, 1.807) is 0 Å². The molecule has 0 aliphatic heterocycles. The standard InChI is InChI=1S/C4H5ClN2O2/c1-8-4-2(5)3(6)7-9-4/h1H3,(H2,6,7). The zero-order chi connectivity index (χ0) is 6.85. The molecule has 1 rings (SSSR count). The fraction of sp³-hybridized carbons (Fsp3) is 0.250. The predicted octanol–water partition coefficient (Wildman–Crippen LogP) is 0.919. The maximum atomic E-state index is 5.50. The number of nitrogens with two attached hydrogens (primary N) is 1. The van der Waals surface area contributed by atoms with Gasteiger partial charge < -0.3 is 15.0 Å². The van der Waals surface area contributed by atoms with Crippen LogP contribution in [0.5, 0.6) is 5.95 Å². The molecule has 0 unspecified atom stereocenters. The molecule has 0 amide bonds. The molecule has 2 N–H and O–H groups in total. The fourth-order valence-corrected chi connectivity index (χ4v) is 0.548. The maximum Gasteiger partial charge on any atom is 0.332 e. The summed E-state index contributed by atoms with van der Waals surface area (Å²) in [6, 6.07) is 0. The van der Waals surface area contributed by atoms with Crippen LogP contribution in [-0.2, 0) is 0 Å². The van der Waals surface area contributed by atoms with Crippen LogP contribution in [0.3, 0.4) is 0 Å². The van der Waals surface area contributed by atoms with Crippen molar-refractivity contribution in [3.63, 3.8) is 0 Å². The lowest BCUT2D eigenvalue weighted by atomic mass is 10.6.